The molecular formula is C19H21F2NO4. The number of fused-ring (bicyclic) bond motifs is 2. The molecule has 0 aromatic heterocycles. The van der Waals surface area contributed by atoms with Gasteiger partial charge in [0.05, 0.1) is 11.6 Å². The molecule has 1 N–H and O–H groups in total. The fraction of sp³-hybridized carbons (Fsp3) is 0.526. The Bertz CT molecular complexity index is 720. The highest BCUT2D eigenvalue weighted by atomic mass is 19.1. The smallest absolute Gasteiger partial charge is 0.309 e. The van der Waals surface area contributed by atoms with Crippen molar-refractivity contribution in [2.75, 3.05) is 5.32 Å². The van der Waals surface area contributed by atoms with E-state index in [1.165, 1.54) is 6.92 Å². The van der Waals surface area contributed by atoms with E-state index in [4.69, 9.17) is 4.74 Å². The van der Waals surface area contributed by atoms with Crippen LogP contribution >= 0.6 is 0 Å². The number of ether oxygens (including phenoxy) is 1. The first-order valence-electron chi connectivity index (χ1n) is 8.85. The molecule has 2 aliphatic carbocycles. The van der Waals surface area contributed by atoms with Crippen LogP contribution in [0.3, 0.4) is 0 Å². The standard InChI is InChI=1S/C19H21F2NO4/c1-10(18(24)22-16-9-14(20)5-6-15(16)21)26-19(25)13-7-11-3-2-4-12(8-13)17(11)23/h5-6,9-13H,2-4,7-8H2,1H3,(H,22,24). The van der Waals surface area contributed by atoms with E-state index in [0.29, 0.717) is 12.8 Å². The Balaban J connectivity index is 1.58. The average molecular weight is 365 g/mol. The van der Waals surface area contributed by atoms with Crippen LogP contribution in [0.2, 0.25) is 0 Å². The molecule has 0 saturated heterocycles. The van der Waals surface area contributed by atoms with Gasteiger partial charge in [-0.3, -0.25) is 14.4 Å². The molecule has 5 nitrogen and oxygen atoms in total. The van der Waals surface area contributed by atoms with E-state index >= 15 is 0 Å². The highest BCUT2D eigenvalue weighted by molar-refractivity contribution is 5.95. The lowest BCUT2D eigenvalue weighted by Crippen LogP contribution is -2.41. The molecule has 0 radical (unpaired) electrons. The van der Waals surface area contributed by atoms with Crippen LogP contribution in [-0.2, 0) is 19.1 Å². The van der Waals surface area contributed by atoms with Gasteiger partial charge in [0, 0.05) is 17.9 Å². The van der Waals surface area contributed by atoms with Gasteiger partial charge in [-0.25, -0.2) is 8.78 Å². The summed E-state index contributed by atoms with van der Waals surface area (Å²) in [4.78, 5) is 36.6. The molecule has 3 atom stereocenters. The zero-order valence-corrected chi connectivity index (χ0v) is 14.5. The number of benzene rings is 1. The maximum Gasteiger partial charge on any atom is 0.309 e. The second-order valence-corrected chi connectivity index (χ2v) is 7.09. The largest absolute Gasteiger partial charge is 0.452 e. The molecule has 0 heterocycles. The SMILES string of the molecule is CC(OC(=O)C1CC2CCCC(C1)C2=O)C(=O)Nc1cc(F)ccc1F. The van der Waals surface area contributed by atoms with Crippen LogP contribution < -0.4 is 5.32 Å². The molecule has 1 aromatic rings. The summed E-state index contributed by atoms with van der Waals surface area (Å²) in [5.74, 6) is -3.07. The van der Waals surface area contributed by atoms with Crippen molar-refractivity contribution >= 4 is 23.3 Å². The predicted molar refractivity (Wildman–Crippen MR) is 89.1 cm³/mol. The summed E-state index contributed by atoms with van der Waals surface area (Å²) >= 11 is 0. The van der Waals surface area contributed by atoms with Gasteiger partial charge in [-0.2, -0.15) is 0 Å². The van der Waals surface area contributed by atoms with Crippen molar-refractivity contribution in [2.45, 2.75) is 45.1 Å². The zero-order valence-electron chi connectivity index (χ0n) is 14.5. The number of carbonyl (C=O) groups is 3. The van der Waals surface area contributed by atoms with Gasteiger partial charge < -0.3 is 10.1 Å². The number of hydrogen-bond acceptors (Lipinski definition) is 4. The quantitative estimate of drug-likeness (QED) is 0.832. The van der Waals surface area contributed by atoms with Gasteiger partial charge in [0.2, 0.25) is 0 Å². The van der Waals surface area contributed by atoms with Crippen LogP contribution in [0, 0.1) is 29.4 Å². The molecule has 3 unspecified atom stereocenters. The van der Waals surface area contributed by atoms with Gasteiger partial charge in [0.25, 0.3) is 5.91 Å². The number of hydrogen-bond donors (Lipinski definition) is 1. The summed E-state index contributed by atoms with van der Waals surface area (Å²) < 4.78 is 32.0. The second-order valence-electron chi connectivity index (χ2n) is 7.09. The van der Waals surface area contributed by atoms with Crippen LogP contribution in [0.5, 0.6) is 0 Å². The summed E-state index contributed by atoms with van der Waals surface area (Å²) in [6.07, 6.45) is 2.37. The fourth-order valence-electron chi connectivity index (χ4n) is 3.82. The summed E-state index contributed by atoms with van der Waals surface area (Å²) in [7, 11) is 0. The van der Waals surface area contributed by atoms with Gasteiger partial charge in [-0.15, -0.1) is 0 Å². The minimum Gasteiger partial charge on any atom is -0.452 e. The second kappa shape index (κ2) is 7.51. The summed E-state index contributed by atoms with van der Waals surface area (Å²) in [6.45, 7) is 1.37. The number of carbonyl (C=O) groups excluding carboxylic acids is 3. The lowest BCUT2D eigenvalue weighted by molar-refractivity contribution is -0.161. The molecule has 26 heavy (non-hydrogen) atoms. The van der Waals surface area contributed by atoms with E-state index in [1.807, 2.05) is 0 Å². The van der Waals surface area contributed by atoms with Crippen LogP contribution in [0.15, 0.2) is 18.2 Å². The third-order valence-corrected chi connectivity index (χ3v) is 5.23. The number of esters is 1. The number of amides is 1. The van der Waals surface area contributed by atoms with Gasteiger partial charge in [-0.05, 0) is 44.7 Å². The number of ketones is 1. The Kier molecular flexibility index (Phi) is 5.34. The van der Waals surface area contributed by atoms with E-state index in [1.54, 1.807) is 0 Å². The first-order valence-corrected chi connectivity index (χ1v) is 8.85. The molecule has 2 fully saturated rings. The van der Waals surface area contributed by atoms with E-state index in [9.17, 15) is 23.2 Å². The lowest BCUT2D eigenvalue weighted by atomic mass is 9.67. The number of anilines is 1. The molecule has 7 heteroatoms. The van der Waals surface area contributed by atoms with Gasteiger partial charge >= 0.3 is 5.97 Å². The number of nitrogens with one attached hydrogen (secondary N) is 1. The Morgan fingerprint density at radius 2 is 1.85 bits per heavy atom. The third-order valence-electron chi connectivity index (χ3n) is 5.23. The Labute approximate surface area is 150 Å². The highest BCUT2D eigenvalue weighted by Gasteiger charge is 2.42. The third kappa shape index (κ3) is 3.92. The maximum atomic E-state index is 13.6. The summed E-state index contributed by atoms with van der Waals surface area (Å²) in [5, 5.41) is 2.22. The molecule has 0 spiro atoms. The highest BCUT2D eigenvalue weighted by Crippen LogP contribution is 2.40. The summed E-state index contributed by atoms with van der Waals surface area (Å²) in [5.41, 5.74) is -0.310. The van der Waals surface area contributed by atoms with Crippen molar-refractivity contribution < 1.29 is 27.9 Å². The van der Waals surface area contributed by atoms with Crippen LogP contribution in [0.4, 0.5) is 14.5 Å². The molecule has 0 aliphatic heterocycles. The molecule has 2 aliphatic rings. The van der Waals surface area contributed by atoms with Crippen LogP contribution in [0.1, 0.15) is 39.0 Å². The number of halogens is 2. The normalized spacial score (nSPS) is 26.1. The minimum atomic E-state index is -1.15. The van der Waals surface area contributed by atoms with E-state index in [0.717, 1.165) is 37.5 Å². The molecule has 140 valence electrons. The molecule has 2 saturated carbocycles. The van der Waals surface area contributed by atoms with Crippen molar-refractivity contribution in [3.63, 3.8) is 0 Å². The molecule has 1 aromatic carbocycles. The number of Topliss-reactive ketones (excluding diaryl/α,β-unsaturated/α-hetero) is 1. The van der Waals surface area contributed by atoms with Crippen LogP contribution in [0.25, 0.3) is 0 Å². The first-order chi connectivity index (χ1) is 12.3. The Hall–Kier alpha value is -2.31. The van der Waals surface area contributed by atoms with E-state index in [2.05, 4.69) is 5.32 Å². The van der Waals surface area contributed by atoms with E-state index < -0.39 is 35.5 Å². The molecule has 1 amide bonds. The molecular weight excluding hydrogens is 344 g/mol. The van der Waals surface area contributed by atoms with Crippen LogP contribution in [-0.4, -0.2) is 23.8 Å². The van der Waals surface area contributed by atoms with Crippen molar-refractivity contribution in [1.82, 2.24) is 0 Å². The lowest BCUT2D eigenvalue weighted by Gasteiger charge is -2.36. The monoisotopic (exact) mass is 365 g/mol. The van der Waals surface area contributed by atoms with Crippen molar-refractivity contribution in [2.24, 2.45) is 17.8 Å². The molecule has 3 rings (SSSR count). The molecule has 2 bridgehead atoms. The predicted octanol–water partition coefficient (Wildman–Crippen LogP) is 3.23. The van der Waals surface area contributed by atoms with Gasteiger partial charge in [0.15, 0.2) is 6.10 Å². The zero-order chi connectivity index (χ0) is 18.8. The minimum absolute atomic E-state index is 0.0921. The maximum absolute atomic E-state index is 13.6. The Morgan fingerprint density at radius 3 is 2.50 bits per heavy atom. The van der Waals surface area contributed by atoms with E-state index in [-0.39, 0.29) is 23.3 Å². The average Bonchev–Trinajstić information content (AvgIpc) is 2.57. The first kappa shape index (κ1) is 18.5. The number of rotatable bonds is 4. The fourth-order valence-corrected chi connectivity index (χ4v) is 3.82. The topological polar surface area (TPSA) is 72.5 Å². The van der Waals surface area contributed by atoms with Crippen molar-refractivity contribution in [3.8, 4) is 0 Å². The van der Waals surface area contributed by atoms with Crippen molar-refractivity contribution in [3.05, 3.63) is 29.8 Å². The van der Waals surface area contributed by atoms with Crippen molar-refractivity contribution in [1.29, 1.82) is 0 Å². The Morgan fingerprint density at radius 1 is 1.19 bits per heavy atom. The van der Waals surface area contributed by atoms with Gasteiger partial charge in [0.1, 0.15) is 17.4 Å². The van der Waals surface area contributed by atoms with Gasteiger partial charge in [-0.1, -0.05) is 6.42 Å². The summed E-state index contributed by atoms with van der Waals surface area (Å²) in [6, 6.07) is 2.70.